The Morgan fingerprint density at radius 2 is 1.81 bits per heavy atom. The van der Waals surface area contributed by atoms with E-state index in [1.54, 1.807) is 19.0 Å². The number of rotatable bonds is 2. The third-order valence-corrected chi connectivity index (χ3v) is 4.41. The summed E-state index contributed by atoms with van der Waals surface area (Å²) in [6, 6.07) is 7.69. The van der Waals surface area contributed by atoms with Gasteiger partial charge in [-0.1, -0.05) is 18.6 Å². The number of amides is 1. The van der Waals surface area contributed by atoms with Crippen LogP contribution < -0.4 is 0 Å². The molecular formula is C17H23NO3. The molecule has 4 heteroatoms. The van der Waals surface area contributed by atoms with E-state index in [2.05, 4.69) is 0 Å². The summed E-state index contributed by atoms with van der Waals surface area (Å²) in [7, 11) is 3.52. The zero-order valence-corrected chi connectivity index (χ0v) is 12.8. The van der Waals surface area contributed by atoms with Crippen molar-refractivity contribution in [1.82, 2.24) is 4.90 Å². The summed E-state index contributed by atoms with van der Waals surface area (Å²) in [6.07, 6.45) is 5.64. The molecule has 1 saturated heterocycles. The Hall–Kier alpha value is -1.39. The molecule has 1 aliphatic heterocycles. The molecule has 1 saturated carbocycles. The zero-order valence-electron chi connectivity index (χ0n) is 12.8. The summed E-state index contributed by atoms with van der Waals surface area (Å²) < 4.78 is 12.2. The Kier molecular flexibility index (Phi) is 4.00. The number of carbonyl (C=O) groups is 1. The lowest BCUT2D eigenvalue weighted by Crippen LogP contribution is -2.32. The Bertz CT molecular complexity index is 503. The van der Waals surface area contributed by atoms with E-state index in [4.69, 9.17) is 9.47 Å². The maximum Gasteiger partial charge on any atom is 0.253 e. The SMILES string of the molecule is CN(C)C(=O)c1ccc(C2COC3(CCCCC3)O2)cc1. The van der Waals surface area contributed by atoms with E-state index in [0.29, 0.717) is 12.2 Å². The third kappa shape index (κ3) is 2.97. The van der Waals surface area contributed by atoms with Crippen LogP contribution in [0.2, 0.25) is 0 Å². The van der Waals surface area contributed by atoms with E-state index >= 15 is 0 Å². The van der Waals surface area contributed by atoms with E-state index in [0.717, 1.165) is 18.4 Å². The van der Waals surface area contributed by atoms with Gasteiger partial charge in [0.25, 0.3) is 5.91 Å². The van der Waals surface area contributed by atoms with Gasteiger partial charge in [0.1, 0.15) is 6.10 Å². The summed E-state index contributed by atoms with van der Waals surface area (Å²) in [4.78, 5) is 13.5. The molecule has 1 unspecified atom stereocenters. The number of hydrogen-bond donors (Lipinski definition) is 0. The van der Waals surface area contributed by atoms with Crippen molar-refractivity contribution in [2.45, 2.75) is 44.0 Å². The molecule has 0 N–H and O–H groups in total. The second-order valence-electron chi connectivity index (χ2n) is 6.21. The van der Waals surface area contributed by atoms with Gasteiger partial charge in [-0.05, 0) is 30.5 Å². The first kappa shape index (κ1) is 14.5. The van der Waals surface area contributed by atoms with E-state index in [1.807, 2.05) is 24.3 Å². The van der Waals surface area contributed by atoms with Gasteiger partial charge < -0.3 is 14.4 Å². The van der Waals surface area contributed by atoms with Crippen LogP contribution in [0.25, 0.3) is 0 Å². The summed E-state index contributed by atoms with van der Waals surface area (Å²) in [5, 5.41) is 0. The fraction of sp³-hybridized carbons (Fsp3) is 0.588. The lowest BCUT2D eigenvalue weighted by atomic mass is 9.94. The van der Waals surface area contributed by atoms with E-state index in [1.165, 1.54) is 19.3 Å². The van der Waals surface area contributed by atoms with Crippen molar-refractivity contribution in [3.05, 3.63) is 35.4 Å². The van der Waals surface area contributed by atoms with Crippen LogP contribution in [0.5, 0.6) is 0 Å². The second kappa shape index (κ2) is 5.78. The minimum Gasteiger partial charge on any atom is -0.347 e. The van der Waals surface area contributed by atoms with Crippen molar-refractivity contribution in [3.8, 4) is 0 Å². The van der Waals surface area contributed by atoms with Crippen LogP contribution in [0.4, 0.5) is 0 Å². The molecule has 0 radical (unpaired) electrons. The van der Waals surface area contributed by atoms with Gasteiger partial charge in [-0.3, -0.25) is 4.79 Å². The number of ether oxygens (including phenoxy) is 2. The predicted octanol–water partition coefficient (Wildman–Crippen LogP) is 3.14. The maximum absolute atomic E-state index is 11.9. The molecule has 1 spiro atoms. The van der Waals surface area contributed by atoms with Gasteiger partial charge in [-0.2, -0.15) is 0 Å². The molecule has 21 heavy (non-hydrogen) atoms. The smallest absolute Gasteiger partial charge is 0.253 e. The van der Waals surface area contributed by atoms with E-state index in [-0.39, 0.29) is 17.8 Å². The highest BCUT2D eigenvalue weighted by Crippen LogP contribution is 2.42. The first-order valence-corrected chi connectivity index (χ1v) is 7.73. The molecule has 1 heterocycles. The van der Waals surface area contributed by atoms with Gasteiger partial charge in [0.2, 0.25) is 0 Å². The first-order valence-electron chi connectivity index (χ1n) is 7.73. The fourth-order valence-corrected chi connectivity index (χ4v) is 3.17. The lowest BCUT2D eigenvalue weighted by Gasteiger charge is -2.31. The summed E-state index contributed by atoms with van der Waals surface area (Å²) in [6.45, 7) is 0.612. The number of nitrogens with zero attached hydrogens (tertiary/aromatic N) is 1. The molecule has 1 aromatic rings. The van der Waals surface area contributed by atoms with Crippen LogP contribution in [0, 0.1) is 0 Å². The highest BCUT2D eigenvalue weighted by molar-refractivity contribution is 5.93. The van der Waals surface area contributed by atoms with Crippen molar-refractivity contribution in [2.24, 2.45) is 0 Å². The van der Waals surface area contributed by atoms with E-state index in [9.17, 15) is 4.79 Å². The Labute approximate surface area is 126 Å². The zero-order chi connectivity index (χ0) is 14.9. The molecule has 4 nitrogen and oxygen atoms in total. The molecule has 1 aliphatic carbocycles. The first-order chi connectivity index (χ1) is 10.1. The molecule has 0 bridgehead atoms. The van der Waals surface area contributed by atoms with Crippen LogP contribution >= 0.6 is 0 Å². The molecular weight excluding hydrogens is 266 g/mol. The highest BCUT2D eigenvalue weighted by Gasteiger charge is 2.42. The minimum absolute atomic E-state index is 0.00777. The fourth-order valence-electron chi connectivity index (χ4n) is 3.17. The van der Waals surface area contributed by atoms with E-state index < -0.39 is 0 Å². The number of hydrogen-bond acceptors (Lipinski definition) is 3. The van der Waals surface area contributed by atoms with Crippen molar-refractivity contribution in [3.63, 3.8) is 0 Å². The Morgan fingerprint density at radius 1 is 1.14 bits per heavy atom. The average molecular weight is 289 g/mol. The lowest BCUT2D eigenvalue weighted by molar-refractivity contribution is -0.187. The standard InChI is InChI=1S/C17H23NO3/c1-18(2)16(19)14-8-6-13(7-9-14)15-12-20-17(21-15)10-4-3-5-11-17/h6-9,15H,3-5,10-12H2,1-2H3. The Morgan fingerprint density at radius 3 is 2.43 bits per heavy atom. The minimum atomic E-state index is -0.346. The van der Waals surface area contributed by atoms with Crippen molar-refractivity contribution >= 4 is 5.91 Å². The average Bonchev–Trinajstić information content (AvgIpc) is 2.91. The largest absolute Gasteiger partial charge is 0.347 e. The van der Waals surface area contributed by atoms with Gasteiger partial charge in [0.15, 0.2) is 5.79 Å². The quantitative estimate of drug-likeness (QED) is 0.839. The Balaban J connectivity index is 1.69. The van der Waals surface area contributed by atoms with Crippen LogP contribution in [0.1, 0.15) is 54.1 Å². The van der Waals surface area contributed by atoms with Crippen LogP contribution in [-0.2, 0) is 9.47 Å². The molecule has 2 aliphatic rings. The van der Waals surface area contributed by atoms with Gasteiger partial charge in [-0.15, -0.1) is 0 Å². The van der Waals surface area contributed by atoms with Gasteiger partial charge in [0, 0.05) is 32.5 Å². The molecule has 114 valence electrons. The summed E-state index contributed by atoms with van der Waals surface area (Å²) in [5.74, 6) is -0.324. The van der Waals surface area contributed by atoms with Gasteiger partial charge in [0.05, 0.1) is 6.61 Å². The molecule has 2 fully saturated rings. The monoisotopic (exact) mass is 289 g/mol. The molecule has 1 atom stereocenters. The summed E-state index contributed by atoms with van der Waals surface area (Å²) in [5.41, 5.74) is 1.79. The summed E-state index contributed by atoms with van der Waals surface area (Å²) >= 11 is 0. The van der Waals surface area contributed by atoms with Crippen molar-refractivity contribution in [1.29, 1.82) is 0 Å². The number of benzene rings is 1. The van der Waals surface area contributed by atoms with Crippen LogP contribution in [-0.4, -0.2) is 37.3 Å². The van der Waals surface area contributed by atoms with Gasteiger partial charge in [-0.25, -0.2) is 0 Å². The van der Waals surface area contributed by atoms with Gasteiger partial charge >= 0.3 is 0 Å². The topological polar surface area (TPSA) is 38.8 Å². The second-order valence-corrected chi connectivity index (χ2v) is 6.21. The molecule has 1 aromatic carbocycles. The molecule has 3 rings (SSSR count). The normalized spacial score (nSPS) is 24.2. The third-order valence-electron chi connectivity index (χ3n) is 4.41. The van der Waals surface area contributed by atoms with Crippen LogP contribution in [0.15, 0.2) is 24.3 Å². The van der Waals surface area contributed by atoms with Crippen LogP contribution in [0.3, 0.4) is 0 Å². The molecule has 0 aromatic heterocycles. The van der Waals surface area contributed by atoms with Crippen molar-refractivity contribution in [2.75, 3.05) is 20.7 Å². The maximum atomic E-state index is 11.9. The molecule has 1 amide bonds. The predicted molar refractivity (Wildman–Crippen MR) is 80.1 cm³/mol. The highest BCUT2D eigenvalue weighted by atomic mass is 16.7. The van der Waals surface area contributed by atoms with Crippen molar-refractivity contribution < 1.29 is 14.3 Å². The number of carbonyl (C=O) groups excluding carboxylic acids is 1.